The summed E-state index contributed by atoms with van der Waals surface area (Å²) in [6.07, 6.45) is 0. The zero-order chi connectivity index (χ0) is 11.4. The van der Waals surface area contributed by atoms with Crippen molar-refractivity contribution in [3.05, 3.63) is 22.7 Å². The second-order valence-electron chi connectivity index (χ2n) is 4.03. The van der Waals surface area contributed by atoms with E-state index in [4.69, 9.17) is 4.74 Å². The van der Waals surface area contributed by atoms with Crippen LogP contribution >= 0.6 is 15.9 Å². The van der Waals surface area contributed by atoms with Crippen LogP contribution in [0.4, 0.5) is 5.69 Å². The molecular weight excluding hydrogens is 254 g/mol. The quantitative estimate of drug-likeness (QED) is 0.897. The Morgan fingerprint density at radius 3 is 2.47 bits per heavy atom. The Morgan fingerprint density at radius 1 is 1.27 bits per heavy atom. The first-order chi connectivity index (χ1) is 7.04. The smallest absolute Gasteiger partial charge is 0.135 e. The minimum atomic E-state index is 0.455. The minimum Gasteiger partial charge on any atom is -0.495 e. The molecule has 0 aliphatic carbocycles. The number of anilines is 1. The van der Waals surface area contributed by atoms with Crippen molar-refractivity contribution in [2.45, 2.75) is 26.8 Å². The van der Waals surface area contributed by atoms with Gasteiger partial charge in [-0.05, 0) is 40.9 Å². The molecule has 3 heteroatoms. The van der Waals surface area contributed by atoms with E-state index in [1.54, 1.807) is 7.11 Å². The van der Waals surface area contributed by atoms with Crippen LogP contribution in [0, 0.1) is 5.92 Å². The first-order valence-electron chi connectivity index (χ1n) is 5.14. The van der Waals surface area contributed by atoms with E-state index in [0.29, 0.717) is 12.0 Å². The van der Waals surface area contributed by atoms with Crippen molar-refractivity contribution in [3.8, 4) is 5.75 Å². The SMILES string of the molecule is COc1cc(NC(C)C(C)C)ccc1Br. The van der Waals surface area contributed by atoms with Gasteiger partial charge in [0.25, 0.3) is 0 Å². The monoisotopic (exact) mass is 271 g/mol. The number of nitrogens with one attached hydrogen (secondary N) is 1. The summed E-state index contributed by atoms with van der Waals surface area (Å²) in [6.45, 7) is 6.58. The second-order valence-corrected chi connectivity index (χ2v) is 4.88. The van der Waals surface area contributed by atoms with E-state index < -0.39 is 0 Å². The van der Waals surface area contributed by atoms with Crippen molar-refractivity contribution in [3.63, 3.8) is 0 Å². The Hall–Kier alpha value is -0.700. The molecular formula is C12H18BrNO. The Labute approximate surface area is 100 Å². The van der Waals surface area contributed by atoms with Gasteiger partial charge in [0.1, 0.15) is 5.75 Å². The topological polar surface area (TPSA) is 21.3 Å². The van der Waals surface area contributed by atoms with Gasteiger partial charge in [-0.2, -0.15) is 0 Å². The van der Waals surface area contributed by atoms with Gasteiger partial charge in [-0.15, -0.1) is 0 Å². The van der Waals surface area contributed by atoms with Crippen LogP contribution in [0.2, 0.25) is 0 Å². The number of halogens is 1. The number of benzene rings is 1. The summed E-state index contributed by atoms with van der Waals surface area (Å²) < 4.78 is 6.22. The standard InChI is InChI=1S/C12H18BrNO/c1-8(2)9(3)14-10-5-6-11(13)12(7-10)15-4/h5-9,14H,1-4H3. The molecule has 15 heavy (non-hydrogen) atoms. The van der Waals surface area contributed by atoms with Gasteiger partial charge in [-0.1, -0.05) is 13.8 Å². The first kappa shape index (κ1) is 12.4. The lowest BCUT2D eigenvalue weighted by Crippen LogP contribution is -2.21. The van der Waals surface area contributed by atoms with Crippen LogP contribution in [0.5, 0.6) is 5.75 Å². The first-order valence-corrected chi connectivity index (χ1v) is 5.94. The molecule has 0 heterocycles. The number of ether oxygens (including phenoxy) is 1. The Kier molecular flexibility index (Phi) is 4.45. The van der Waals surface area contributed by atoms with Gasteiger partial charge in [0.05, 0.1) is 11.6 Å². The maximum absolute atomic E-state index is 5.24. The predicted molar refractivity (Wildman–Crippen MR) is 68.6 cm³/mol. The molecule has 0 bridgehead atoms. The summed E-state index contributed by atoms with van der Waals surface area (Å²) in [6, 6.07) is 6.50. The van der Waals surface area contributed by atoms with Crippen LogP contribution in [0.15, 0.2) is 22.7 Å². The summed E-state index contributed by atoms with van der Waals surface area (Å²) in [4.78, 5) is 0. The van der Waals surface area contributed by atoms with Crippen LogP contribution in [0.3, 0.4) is 0 Å². The van der Waals surface area contributed by atoms with E-state index >= 15 is 0 Å². The second kappa shape index (κ2) is 5.40. The van der Waals surface area contributed by atoms with Gasteiger partial charge in [-0.3, -0.25) is 0 Å². The van der Waals surface area contributed by atoms with Gasteiger partial charge in [-0.25, -0.2) is 0 Å². The molecule has 0 saturated heterocycles. The van der Waals surface area contributed by atoms with Crippen molar-refractivity contribution >= 4 is 21.6 Å². The van der Waals surface area contributed by atoms with Crippen molar-refractivity contribution < 1.29 is 4.74 Å². The molecule has 1 aromatic carbocycles. The molecule has 1 N–H and O–H groups in total. The molecule has 0 saturated carbocycles. The fourth-order valence-electron chi connectivity index (χ4n) is 1.18. The Balaban J connectivity index is 2.78. The predicted octanol–water partition coefficient (Wildman–Crippen LogP) is 3.91. The van der Waals surface area contributed by atoms with Gasteiger partial charge >= 0.3 is 0 Å². The molecule has 0 aliphatic heterocycles. The average Bonchev–Trinajstić information content (AvgIpc) is 2.20. The Bertz CT molecular complexity index is 325. The zero-order valence-corrected chi connectivity index (χ0v) is 11.3. The van der Waals surface area contributed by atoms with Crippen molar-refractivity contribution in [2.24, 2.45) is 5.92 Å². The van der Waals surface area contributed by atoms with Gasteiger partial charge < -0.3 is 10.1 Å². The molecule has 1 atom stereocenters. The lowest BCUT2D eigenvalue weighted by atomic mass is 10.1. The number of hydrogen-bond acceptors (Lipinski definition) is 2. The van der Waals surface area contributed by atoms with E-state index in [1.807, 2.05) is 18.2 Å². The fourth-order valence-corrected chi connectivity index (χ4v) is 1.59. The third-order valence-corrected chi connectivity index (χ3v) is 3.20. The van der Waals surface area contributed by atoms with Crippen LogP contribution in [-0.4, -0.2) is 13.2 Å². The van der Waals surface area contributed by atoms with E-state index in [9.17, 15) is 0 Å². The van der Waals surface area contributed by atoms with E-state index in [2.05, 4.69) is 42.0 Å². The van der Waals surface area contributed by atoms with Crippen LogP contribution in [0.1, 0.15) is 20.8 Å². The van der Waals surface area contributed by atoms with Crippen LogP contribution in [0.25, 0.3) is 0 Å². The molecule has 1 rings (SSSR count). The van der Waals surface area contributed by atoms with Gasteiger partial charge in [0, 0.05) is 17.8 Å². The van der Waals surface area contributed by atoms with Crippen LogP contribution < -0.4 is 10.1 Å². The molecule has 2 nitrogen and oxygen atoms in total. The van der Waals surface area contributed by atoms with E-state index in [0.717, 1.165) is 15.9 Å². The van der Waals surface area contributed by atoms with Gasteiger partial charge in [0.2, 0.25) is 0 Å². The fraction of sp³-hybridized carbons (Fsp3) is 0.500. The molecule has 0 amide bonds. The van der Waals surface area contributed by atoms with Crippen molar-refractivity contribution in [1.82, 2.24) is 0 Å². The number of rotatable bonds is 4. The Morgan fingerprint density at radius 2 is 1.93 bits per heavy atom. The third kappa shape index (κ3) is 3.42. The largest absolute Gasteiger partial charge is 0.495 e. The molecule has 1 aromatic rings. The lowest BCUT2D eigenvalue weighted by Gasteiger charge is -2.19. The highest BCUT2D eigenvalue weighted by Crippen LogP contribution is 2.28. The van der Waals surface area contributed by atoms with Crippen molar-refractivity contribution in [2.75, 3.05) is 12.4 Å². The summed E-state index contributed by atoms with van der Waals surface area (Å²) >= 11 is 3.43. The molecule has 0 fully saturated rings. The molecule has 0 aliphatic rings. The van der Waals surface area contributed by atoms with E-state index in [1.165, 1.54) is 0 Å². The summed E-state index contributed by atoms with van der Waals surface area (Å²) in [7, 11) is 1.68. The van der Waals surface area contributed by atoms with Crippen LogP contribution in [-0.2, 0) is 0 Å². The van der Waals surface area contributed by atoms with E-state index in [-0.39, 0.29) is 0 Å². The normalized spacial score (nSPS) is 12.7. The summed E-state index contributed by atoms with van der Waals surface area (Å²) in [5.41, 5.74) is 1.09. The highest BCUT2D eigenvalue weighted by molar-refractivity contribution is 9.10. The third-order valence-electron chi connectivity index (χ3n) is 2.55. The molecule has 0 spiro atoms. The molecule has 84 valence electrons. The van der Waals surface area contributed by atoms with Gasteiger partial charge in [0.15, 0.2) is 0 Å². The van der Waals surface area contributed by atoms with Crippen molar-refractivity contribution in [1.29, 1.82) is 0 Å². The molecule has 0 radical (unpaired) electrons. The summed E-state index contributed by atoms with van der Waals surface area (Å²) in [5, 5.41) is 3.44. The maximum atomic E-state index is 5.24. The zero-order valence-electron chi connectivity index (χ0n) is 9.67. The minimum absolute atomic E-state index is 0.455. The molecule has 0 aromatic heterocycles. The highest BCUT2D eigenvalue weighted by Gasteiger charge is 2.08. The average molecular weight is 272 g/mol. The summed E-state index contributed by atoms with van der Waals surface area (Å²) in [5.74, 6) is 1.47. The molecule has 1 unspecified atom stereocenters. The number of hydrogen-bond donors (Lipinski definition) is 1. The highest BCUT2D eigenvalue weighted by atomic mass is 79.9. The lowest BCUT2D eigenvalue weighted by molar-refractivity contribution is 0.412. The maximum Gasteiger partial charge on any atom is 0.135 e. The number of methoxy groups -OCH3 is 1.